The quantitative estimate of drug-likeness (QED) is 0.329. The first-order valence-electron chi connectivity index (χ1n) is 14.4. The number of amides is 3. The first-order chi connectivity index (χ1) is 20.5. The fourth-order valence-electron chi connectivity index (χ4n) is 5.79. The lowest BCUT2D eigenvalue weighted by Crippen LogP contribution is -2.58. The number of imidazole rings is 1. The molecule has 12 nitrogen and oxygen atoms in total. The number of nitrogens with zero attached hydrogens (tertiary/aromatic N) is 6. The third-order valence-electron chi connectivity index (χ3n) is 8.29. The maximum absolute atomic E-state index is 14.2. The lowest BCUT2D eigenvalue weighted by atomic mass is 9.81. The maximum Gasteiger partial charge on any atom is 0.318 e. The average Bonchev–Trinajstić information content (AvgIpc) is 3.53. The first-order valence-corrected chi connectivity index (χ1v) is 14.4. The number of alkyl halides is 4. The summed E-state index contributed by atoms with van der Waals surface area (Å²) in [5.41, 5.74) is 1.67. The van der Waals surface area contributed by atoms with E-state index in [9.17, 15) is 27.2 Å². The molecule has 1 saturated heterocycles. The second-order valence-corrected chi connectivity index (χ2v) is 11.5. The molecule has 6 rings (SSSR count). The molecule has 2 unspecified atom stereocenters. The first kappa shape index (κ1) is 29.3. The molecule has 2 N–H and O–H groups in total. The zero-order valence-corrected chi connectivity index (χ0v) is 23.4. The Morgan fingerprint density at radius 3 is 2.67 bits per heavy atom. The van der Waals surface area contributed by atoms with Gasteiger partial charge in [-0.1, -0.05) is 5.16 Å². The summed E-state index contributed by atoms with van der Waals surface area (Å²) in [7, 11) is 0. The molecule has 4 heterocycles. The normalized spacial score (nSPS) is 21.9. The Hall–Kier alpha value is -3.82. The van der Waals surface area contributed by atoms with Gasteiger partial charge in [-0.15, -0.1) is 0 Å². The Labute approximate surface area is 243 Å². The number of halogens is 4. The molecule has 2 atom stereocenters. The zero-order chi connectivity index (χ0) is 30.4. The molecule has 3 aromatic rings. The van der Waals surface area contributed by atoms with Gasteiger partial charge in [-0.25, -0.2) is 36.5 Å². The van der Waals surface area contributed by atoms with Crippen LogP contribution in [0.1, 0.15) is 90.9 Å². The Morgan fingerprint density at radius 1 is 1.19 bits per heavy atom. The Balaban J connectivity index is 1.31. The van der Waals surface area contributed by atoms with E-state index in [-0.39, 0.29) is 49.8 Å². The van der Waals surface area contributed by atoms with Crippen LogP contribution in [0.3, 0.4) is 0 Å². The van der Waals surface area contributed by atoms with Gasteiger partial charge in [-0.3, -0.25) is 4.79 Å². The molecule has 2 saturated carbocycles. The predicted molar refractivity (Wildman–Crippen MR) is 141 cm³/mol. The molecule has 2 aliphatic carbocycles. The van der Waals surface area contributed by atoms with Crippen molar-refractivity contribution in [1.82, 2.24) is 40.4 Å². The molecule has 43 heavy (non-hydrogen) atoms. The average molecular weight is 609 g/mol. The van der Waals surface area contributed by atoms with E-state index in [1.54, 1.807) is 19.2 Å². The number of hydrogen-bond acceptors (Lipinski definition) is 8. The predicted octanol–water partition coefficient (Wildman–Crippen LogP) is 4.02. The molecule has 1 aliphatic heterocycles. The topological polar surface area (TPSA) is 140 Å². The van der Waals surface area contributed by atoms with E-state index in [1.165, 1.54) is 10.7 Å². The van der Waals surface area contributed by atoms with Crippen molar-refractivity contribution in [2.75, 3.05) is 26.3 Å². The van der Waals surface area contributed by atoms with Gasteiger partial charge in [0.15, 0.2) is 11.3 Å². The van der Waals surface area contributed by atoms with Crippen molar-refractivity contribution >= 4 is 17.6 Å². The number of fused-ring (bicyclic) bond motifs is 1. The van der Waals surface area contributed by atoms with Crippen molar-refractivity contribution in [3.8, 4) is 0 Å². The summed E-state index contributed by atoms with van der Waals surface area (Å²) in [6.45, 7) is 0.466. The van der Waals surface area contributed by atoms with Gasteiger partial charge < -0.3 is 20.3 Å². The summed E-state index contributed by atoms with van der Waals surface area (Å²) in [6.07, 6.45) is 4.46. The van der Waals surface area contributed by atoms with E-state index in [2.05, 4.69) is 31.0 Å². The third-order valence-corrected chi connectivity index (χ3v) is 8.29. The number of hydrogen-bond donors (Lipinski definition) is 2. The van der Waals surface area contributed by atoms with Gasteiger partial charge in [0.2, 0.25) is 5.92 Å². The molecule has 3 aromatic heterocycles. The Bertz CT molecular complexity index is 1480. The van der Waals surface area contributed by atoms with E-state index < -0.39 is 49.0 Å². The summed E-state index contributed by atoms with van der Waals surface area (Å²) < 4.78 is 68.4. The fourth-order valence-corrected chi connectivity index (χ4v) is 5.79. The molecule has 16 heteroatoms. The van der Waals surface area contributed by atoms with Crippen LogP contribution in [0.2, 0.25) is 0 Å². The summed E-state index contributed by atoms with van der Waals surface area (Å²) in [5.74, 6) is -6.68. The molecule has 3 aliphatic rings. The molecule has 0 aromatic carbocycles. The summed E-state index contributed by atoms with van der Waals surface area (Å²) in [4.78, 5) is 31.6. The minimum atomic E-state index is -3.13. The minimum absolute atomic E-state index is 0.0462. The standard InChI is InChI=1S/C27H32F4N8O4/c1-2-42-12-19(38-14-27(30,31)13-32-25(38)41)17-9-20-34-18(11-39(20)33-10-17)21(16-5-7-26(28,29)8-6-16)35-24(40)23-22(15-3-4-15)36-43-37-23/h9-11,15-16,19,21H,2-8,12-14H2,1H3,(H,32,41)(H,35,40). The zero-order valence-electron chi connectivity index (χ0n) is 23.4. The minimum Gasteiger partial charge on any atom is -0.379 e. The van der Waals surface area contributed by atoms with Crippen LogP contribution in [0, 0.1) is 5.92 Å². The van der Waals surface area contributed by atoms with Crippen LogP contribution in [-0.2, 0) is 4.74 Å². The Kier molecular flexibility index (Phi) is 7.73. The van der Waals surface area contributed by atoms with Crippen LogP contribution in [0.15, 0.2) is 23.1 Å². The van der Waals surface area contributed by atoms with Gasteiger partial charge in [0, 0.05) is 30.9 Å². The largest absolute Gasteiger partial charge is 0.379 e. The smallest absolute Gasteiger partial charge is 0.318 e. The highest BCUT2D eigenvalue weighted by Gasteiger charge is 2.43. The maximum atomic E-state index is 14.2. The fraction of sp³-hybridized carbons (Fsp3) is 0.630. The van der Waals surface area contributed by atoms with Gasteiger partial charge in [-0.05, 0) is 49.7 Å². The van der Waals surface area contributed by atoms with Crippen molar-refractivity contribution in [1.29, 1.82) is 0 Å². The van der Waals surface area contributed by atoms with Gasteiger partial charge in [0.1, 0.15) is 5.69 Å². The highest BCUT2D eigenvalue weighted by Crippen LogP contribution is 2.43. The van der Waals surface area contributed by atoms with Crippen molar-refractivity contribution in [2.45, 2.75) is 75.3 Å². The molecule has 232 valence electrons. The highest BCUT2D eigenvalue weighted by molar-refractivity contribution is 5.93. The highest BCUT2D eigenvalue weighted by atomic mass is 19.3. The number of ether oxygens (including phenoxy) is 1. The van der Waals surface area contributed by atoms with Crippen LogP contribution in [0.5, 0.6) is 0 Å². The van der Waals surface area contributed by atoms with Crippen LogP contribution in [0.4, 0.5) is 22.4 Å². The molecule has 0 bridgehead atoms. The van der Waals surface area contributed by atoms with Crippen molar-refractivity contribution in [3.63, 3.8) is 0 Å². The van der Waals surface area contributed by atoms with E-state index in [0.717, 1.165) is 17.7 Å². The van der Waals surface area contributed by atoms with E-state index >= 15 is 0 Å². The monoisotopic (exact) mass is 608 g/mol. The second kappa shape index (κ2) is 11.4. The van der Waals surface area contributed by atoms with E-state index in [0.29, 0.717) is 29.2 Å². The van der Waals surface area contributed by atoms with Crippen molar-refractivity contribution in [2.24, 2.45) is 5.92 Å². The summed E-state index contributed by atoms with van der Waals surface area (Å²) in [5, 5.41) is 17.2. The molecule has 3 fully saturated rings. The molecular formula is C27H32F4N8O4. The lowest BCUT2D eigenvalue weighted by molar-refractivity contribution is -0.0527. The molecule has 0 radical (unpaired) electrons. The number of carbonyl (C=O) groups is 2. The van der Waals surface area contributed by atoms with Gasteiger partial charge in [0.05, 0.1) is 49.9 Å². The summed E-state index contributed by atoms with van der Waals surface area (Å²) in [6, 6.07) is -0.658. The van der Waals surface area contributed by atoms with Crippen LogP contribution >= 0.6 is 0 Å². The van der Waals surface area contributed by atoms with Crippen molar-refractivity contribution < 1.29 is 36.5 Å². The lowest BCUT2D eigenvalue weighted by Gasteiger charge is -2.38. The summed E-state index contributed by atoms with van der Waals surface area (Å²) >= 11 is 0. The van der Waals surface area contributed by atoms with Gasteiger partial charge in [-0.2, -0.15) is 5.10 Å². The number of aromatic nitrogens is 5. The van der Waals surface area contributed by atoms with Crippen molar-refractivity contribution in [3.05, 3.63) is 41.1 Å². The second-order valence-electron chi connectivity index (χ2n) is 11.5. The van der Waals surface area contributed by atoms with Crippen LogP contribution < -0.4 is 10.6 Å². The van der Waals surface area contributed by atoms with E-state index in [1.807, 2.05) is 0 Å². The number of nitrogens with one attached hydrogen (secondary N) is 2. The number of carbonyl (C=O) groups excluding carboxylic acids is 2. The number of urea groups is 1. The van der Waals surface area contributed by atoms with Gasteiger partial charge >= 0.3 is 6.03 Å². The van der Waals surface area contributed by atoms with Crippen LogP contribution in [0.25, 0.3) is 5.65 Å². The SMILES string of the molecule is CCOCC(c1cnn2cc(C(NC(=O)c3nonc3C3CC3)C3CCC(F)(F)CC3)nc2c1)N1CC(F)(F)CNC1=O. The molecule has 3 amide bonds. The molecule has 0 spiro atoms. The van der Waals surface area contributed by atoms with E-state index in [4.69, 9.17) is 9.37 Å². The van der Waals surface area contributed by atoms with Crippen LogP contribution in [-0.4, -0.2) is 79.9 Å². The number of rotatable bonds is 10. The van der Waals surface area contributed by atoms with Gasteiger partial charge in [0.25, 0.3) is 11.8 Å². The Morgan fingerprint density at radius 2 is 1.95 bits per heavy atom. The third kappa shape index (κ3) is 6.28. The molecular weight excluding hydrogens is 576 g/mol.